The van der Waals surface area contributed by atoms with E-state index in [4.69, 9.17) is 5.73 Å². The van der Waals surface area contributed by atoms with Crippen LogP contribution < -0.4 is 16.2 Å². The standard InChI is InChI=1S/C14H17FN4O/c1-18-10-8-17-13(14(18)20)19(9-2-7-16)12-5-3-11(15)4-6-12/h3-6,8,10H,2,7,9,16H2,1H3. The highest BCUT2D eigenvalue weighted by atomic mass is 19.1. The summed E-state index contributed by atoms with van der Waals surface area (Å²) >= 11 is 0. The van der Waals surface area contributed by atoms with Crippen LogP contribution in [0.4, 0.5) is 15.9 Å². The van der Waals surface area contributed by atoms with Crippen LogP contribution in [0.15, 0.2) is 41.5 Å². The first-order valence-corrected chi connectivity index (χ1v) is 6.38. The molecule has 2 N–H and O–H groups in total. The Morgan fingerprint density at radius 3 is 2.70 bits per heavy atom. The van der Waals surface area contributed by atoms with E-state index in [-0.39, 0.29) is 11.4 Å². The molecule has 2 aromatic rings. The molecule has 2 rings (SSSR count). The smallest absolute Gasteiger partial charge is 0.293 e. The highest BCUT2D eigenvalue weighted by molar-refractivity contribution is 5.58. The van der Waals surface area contributed by atoms with Crippen molar-refractivity contribution in [2.24, 2.45) is 12.8 Å². The van der Waals surface area contributed by atoms with Gasteiger partial charge in [0.25, 0.3) is 5.56 Å². The fourth-order valence-corrected chi connectivity index (χ4v) is 1.90. The lowest BCUT2D eigenvalue weighted by Gasteiger charge is -2.23. The van der Waals surface area contributed by atoms with Gasteiger partial charge in [-0.15, -0.1) is 0 Å². The largest absolute Gasteiger partial charge is 0.330 e. The predicted molar refractivity (Wildman–Crippen MR) is 76.6 cm³/mol. The van der Waals surface area contributed by atoms with Crippen LogP contribution in [0.5, 0.6) is 0 Å². The molecular weight excluding hydrogens is 259 g/mol. The van der Waals surface area contributed by atoms with Crippen LogP contribution in [0, 0.1) is 5.82 Å². The molecule has 0 saturated heterocycles. The van der Waals surface area contributed by atoms with Gasteiger partial charge in [-0.2, -0.15) is 0 Å². The summed E-state index contributed by atoms with van der Waals surface area (Å²) in [6, 6.07) is 5.97. The maximum Gasteiger partial charge on any atom is 0.293 e. The van der Waals surface area contributed by atoms with Crippen LogP contribution in [0.3, 0.4) is 0 Å². The van der Waals surface area contributed by atoms with E-state index in [1.165, 1.54) is 16.7 Å². The Hall–Kier alpha value is -2.21. The van der Waals surface area contributed by atoms with Crippen LogP contribution in [0.1, 0.15) is 6.42 Å². The predicted octanol–water partition coefficient (Wildman–Crippen LogP) is 1.41. The fraction of sp³-hybridized carbons (Fsp3) is 0.286. The van der Waals surface area contributed by atoms with E-state index in [2.05, 4.69) is 4.98 Å². The minimum atomic E-state index is -0.318. The van der Waals surface area contributed by atoms with Crippen molar-refractivity contribution in [3.63, 3.8) is 0 Å². The van der Waals surface area contributed by atoms with E-state index < -0.39 is 0 Å². The van der Waals surface area contributed by atoms with Crippen molar-refractivity contribution in [2.75, 3.05) is 18.0 Å². The molecule has 0 fully saturated rings. The Labute approximate surface area is 116 Å². The third kappa shape index (κ3) is 3.03. The molecule has 5 nitrogen and oxygen atoms in total. The molecule has 20 heavy (non-hydrogen) atoms. The van der Waals surface area contributed by atoms with E-state index in [1.54, 1.807) is 36.5 Å². The third-order valence-electron chi connectivity index (χ3n) is 2.98. The summed E-state index contributed by atoms with van der Waals surface area (Å²) < 4.78 is 14.5. The summed E-state index contributed by atoms with van der Waals surface area (Å²) in [5.41, 5.74) is 6.05. The lowest BCUT2D eigenvalue weighted by molar-refractivity contribution is 0.627. The van der Waals surface area contributed by atoms with Gasteiger partial charge in [-0.25, -0.2) is 9.37 Å². The maximum atomic E-state index is 13.0. The van der Waals surface area contributed by atoms with Crippen LogP contribution in [0.25, 0.3) is 0 Å². The zero-order valence-corrected chi connectivity index (χ0v) is 11.3. The second-order valence-corrected chi connectivity index (χ2v) is 4.44. The zero-order chi connectivity index (χ0) is 14.5. The van der Waals surface area contributed by atoms with Gasteiger partial charge in [0.05, 0.1) is 0 Å². The number of rotatable bonds is 5. The van der Waals surface area contributed by atoms with Crippen molar-refractivity contribution in [3.8, 4) is 0 Å². The molecule has 0 unspecified atom stereocenters. The lowest BCUT2D eigenvalue weighted by Crippen LogP contribution is -2.30. The summed E-state index contributed by atoms with van der Waals surface area (Å²) in [6.45, 7) is 1.05. The number of hydrogen-bond donors (Lipinski definition) is 1. The van der Waals surface area contributed by atoms with Crippen LogP contribution >= 0.6 is 0 Å². The van der Waals surface area contributed by atoms with Gasteiger partial charge in [0, 0.05) is 31.7 Å². The minimum Gasteiger partial charge on any atom is -0.330 e. The first-order valence-electron chi connectivity index (χ1n) is 6.38. The normalized spacial score (nSPS) is 10.6. The number of nitrogens with two attached hydrogens (primary N) is 1. The molecule has 1 heterocycles. The molecule has 0 spiro atoms. The fourth-order valence-electron chi connectivity index (χ4n) is 1.90. The van der Waals surface area contributed by atoms with Gasteiger partial charge in [0.2, 0.25) is 0 Å². The molecule has 1 aromatic heterocycles. The third-order valence-corrected chi connectivity index (χ3v) is 2.98. The summed E-state index contributed by atoms with van der Waals surface area (Å²) in [4.78, 5) is 18.1. The summed E-state index contributed by atoms with van der Waals surface area (Å²) in [5.74, 6) is -0.00323. The molecule has 0 amide bonds. The lowest BCUT2D eigenvalue weighted by atomic mass is 10.2. The molecular formula is C14H17FN4O. The highest BCUT2D eigenvalue weighted by Gasteiger charge is 2.14. The molecule has 0 bridgehead atoms. The quantitative estimate of drug-likeness (QED) is 0.896. The van der Waals surface area contributed by atoms with E-state index in [0.29, 0.717) is 25.3 Å². The first kappa shape index (κ1) is 14.2. The number of aromatic nitrogens is 2. The number of halogens is 1. The molecule has 6 heteroatoms. The van der Waals surface area contributed by atoms with E-state index in [0.717, 1.165) is 5.69 Å². The van der Waals surface area contributed by atoms with Gasteiger partial charge in [0.1, 0.15) is 5.82 Å². The van der Waals surface area contributed by atoms with Crippen LogP contribution in [-0.2, 0) is 7.05 Å². The van der Waals surface area contributed by atoms with Gasteiger partial charge in [0.15, 0.2) is 5.82 Å². The number of nitrogens with zero attached hydrogens (tertiary/aromatic N) is 3. The Kier molecular flexibility index (Phi) is 4.47. The highest BCUT2D eigenvalue weighted by Crippen LogP contribution is 2.21. The van der Waals surface area contributed by atoms with Gasteiger partial charge >= 0.3 is 0 Å². The van der Waals surface area contributed by atoms with Crippen molar-refractivity contribution >= 4 is 11.5 Å². The van der Waals surface area contributed by atoms with Gasteiger partial charge in [-0.1, -0.05) is 0 Å². The Morgan fingerprint density at radius 1 is 1.35 bits per heavy atom. The van der Waals surface area contributed by atoms with Gasteiger partial charge in [-0.3, -0.25) is 4.79 Å². The van der Waals surface area contributed by atoms with Crippen LogP contribution in [-0.4, -0.2) is 22.6 Å². The number of benzene rings is 1. The monoisotopic (exact) mass is 276 g/mol. The van der Waals surface area contributed by atoms with Crippen molar-refractivity contribution in [2.45, 2.75) is 6.42 Å². The van der Waals surface area contributed by atoms with Crippen molar-refractivity contribution < 1.29 is 4.39 Å². The van der Waals surface area contributed by atoms with Crippen molar-refractivity contribution in [1.82, 2.24) is 9.55 Å². The zero-order valence-electron chi connectivity index (χ0n) is 11.3. The maximum absolute atomic E-state index is 13.0. The molecule has 106 valence electrons. The first-order chi connectivity index (χ1) is 9.63. The Morgan fingerprint density at radius 2 is 2.05 bits per heavy atom. The van der Waals surface area contributed by atoms with E-state index in [9.17, 15) is 9.18 Å². The van der Waals surface area contributed by atoms with E-state index >= 15 is 0 Å². The average molecular weight is 276 g/mol. The minimum absolute atomic E-state index is 0.200. The SMILES string of the molecule is Cn1ccnc(N(CCCN)c2ccc(F)cc2)c1=O. The Bertz CT molecular complexity index is 624. The van der Waals surface area contributed by atoms with Crippen molar-refractivity contribution in [3.05, 3.63) is 52.8 Å². The van der Waals surface area contributed by atoms with Crippen molar-refractivity contribution in [1.29, 1.82) is 0 Å². The molecule has 0 saturated carbocycles. The summed E-state index contributed by atoms with van der Waals surface area (Å²) in [6.07, 6.45) is 3.87. The molecule has 0 aliphatic carbocycles. The number of anilines is 2. The van der Waals surface area contributed by atoms with Gasteiger partial charge < -0.3 is 15.2 Å². The number of hydrogen-bond acceptors (Lipinski definition) is 4. The summed E-state index contributed by atoms with van der Waals surface area (Å²) in [7, 11) is 1.67. The molecule has 0 aliphatic heterocycles. The Balaban J connectivity index is 2.44. The summed E-state index contributed by atoms with van der Waals surface area (Å²) in [5, 5.41) is 0. The van der Waals surface area contributed by atoms with E-state index in [1.807, 2.05) is 0 Å². The second kappa shape index (κ2) is 6.29. The van der Waals surface area contributed by atoms with Gasteiger partial charge in [-0.05, 0) is 37.2 Å². The van der Waals surface area contributed by atoms with Crippen LogP contribution in [0.2, 0.25) is 0 Å². The molecule has 0 aliphatic rings. The average Bonchev–Trinajstić information content (AvgIpc) is 2.45. The molecule has 0 atom stereocenters. The number of aryl methyl sites for hydroxylation is 1. The molecule has 0 radical (unpaired) electrons. The second-order valence-electron chi connectivity index (χ2n) is 4.44. The molecule has 1 aromatic carbocycles. The topological polar surface area (TPSA) is 64.2 Å².